The van der Waals surface area contributed by atoms with Crippen LogP contribution in [0.1, 0.15) is 48.6 Å². The van der Waals surface area contributed by atoms with Gasteiger partial charge < -0.3 is 9.88 Å². The molecule has 0 radical (unpaired) electrons. The largest absolute Gasteiger partial charge is 0.325 e. The molecule has 6 heteroatoms. The average molecular weight is 371 g/mol. The molecule has 1 saturated carbocycles. The van der Waals surface area contributed by atoms with Crippen molar-refractivity contribution < 1.29 is 4.79 Å². The number of hydrogen-bond donors (Lipinski definition) is 1. The highest BCUT2D eigenvalue weighted by atomic mass is 32.2. The van der Waals surface area contributed by atoms with Crippen molar-refractivity contribution in [3.63, 3.8) is 0 Å². The van der Waals surface area contributed by atoms with E-state index in [-0.39, 0.29) is 5.91 Å². The number of carbonyl (C=O) groups is 1. The van der Waals surface area contributed by atoms with Crippen LogP contribution in [0.15, 0.2) is 36.0 Å². The number of aromatic nitrogens is 3. The number of nitrogens with one attached hydrogen (secondary N) is 1. The smallest absolute Gasteiger partial charge is 0.234 e. The first-order valence-corrected chi connectivity index (χ1v) is 10.1. The van der Waals surface area contributed by atoms with Gasteiger partial charge in [-0.3, -0.25) is 4.79 Å². The third-order valence-electron chi connectivity index (χ3n) is 4.99. The Morgan fingerprint density at radius 2 is 2.12 bits per heavy atom. The predicted molar refractivity (Wildman–Crippen MR) is 107 cm³/mol. The molecule has 26 heavy (non-hydrogen) atoms. The summed E-state index contributed by atoms with van der Waals surface area (Å²) < 4.78 is 2.11. The van der Waals surface area contributed by atoms with Gasteiger partial charge in [0.05, 0.1) is 5.75 Å². The number of benzene rings is 1. The molecule has 0 unspecified atom stereocenters. The fraction of sp³-hybridized carbons (Fsp3) is 0.450. The summed E-state index contributed by atoms with van der Waals surface area (Å²) >= 11 is 1.43. The number of carbonyl (C=O) groups excluding carboxylic acids is 1. The van der Waals surface area contributed by atoms with Crippen molar-refractivity contribution in [2.24, 2.45) is 0 Å². The van der Waals surface area contributed by atoms with E-state index in [1.54, 1.807) is 0 Å². The summed E-state index contributed by atoms with van der Waals surface area (Å²) in [6, 6.07) is 5.94. The Morgan fingerprint density at radius 1 is 1.35 bits per heavy atom. The maximum atomic E-state index is 12.4. The van der Waals surface area contributed by atoms with Crippen molar-refractivity contribution in [1.82, 2.24) is 14.8 Å². The average Bonchev–Trinajstić information content (AvgIpc) is 3.27. The molecule has 0 bridgehead atoms. The fourth-order valence-corrected chi connectivity index (χ4v) is 4.15. The minimum absolute atomic E-state index is 0.0285. The molecule has 0 atom stereocenters. The Morgan fingerprint density at radius 3 is 2.85 bits per heavy atom. The van der Waals surface area contributed by atoms with E-state index in [4.69, 9.17) is 0 Å². The molecule has 5 nitrogen and oxygen atoms in total. The summed E-state index contributed by atoms with van der Waals surface area (Å²) in [5.41, 5.74) is 3.14. The van der Waals surface area contributed by atoms with Gasteiger partial charge in [-0.25, -0.2) is 0 Å². The molecule has 138 valence electrons. The third kappa shape index (κ3) is 4.18. The van der Waals surface area contributed by atoms with Crippen LogP contribution in [0.3, 0.4) is 0 Å². The van der Waals surface area contributed by atoms with Gasteiger partial charge in [-0.05, 0) is 43.9 Å². The number of nitrogens with zero attached hydrogens (tertiary/aromatic N) is 3. The van der Waals surface area contributed by atoms with Crippen molar-refractivity contribution in [2.45, 2.75) is 57.1 Å². The standard InChI is InChI=1S/C20H26N4OS/c1-4-12-24-19(16-9-5-6-10-16)22-23-20(24)26-13-18(25)21-17-11-7-8-14(2)15(17)3/h4,7-8,11,16H,1,5-6,9-10,12-13H2,2-3H3,(H,21,25). The van der Waals surface area contributed by atoms with Crippen LogP contribution in [0.25, 0.3) is 0 Å². The van der Waals surface area contributed by atoms with Crippen molar-refractivity contribution in [3.8, 4) is 0 Å². The highest BCUT2D eigenvalue weighted by molar-refractivity contribution is 7.99. The first-order chi connectivity index (χ1) is 12.6. The lowest BCUT2D eigenvalue weighted by Crippen LogP contribution is -2.16. The molecule has 1 heterocycles. The monoisotopic (exact) mass is 370 g/mol. The van der Waals surface area contributed by atoms with E-state index in [9.17, 15) is 4.79 Å². The van der Waals surface area contributed by atoms with Gasteiger partial charge >= 0.3 is 0 Å². The topological polar surface area (TPSA) is 59.8 Å². The van der Waals surface area contributed by atoms with Crippen molar-refractivity contribution >= 4 is 23.4 Å². The van der Waals surface area contributed by atoms with Crippen LogP contribution in [-0.2, 0) is 11.3 Å². The number of aryl methyl sites for hydroxylation is 1. The van der Waals surface area contributed by atoms with Crippen molar-refractivity contribution in [3.05, 3.63) is 47.8 Å². The maximum absolute atomic E-state index is 12.4. The van der Waals surface area contributed by atoms with Gasteiger partial charge in [0.2, 0.25) is 5.91 Å². The van der Waals surface area contributed by atoms with E-state index in [1.165, 1.54) is 43.0 Å². The van der Waals surface area contributed by atoms with Crippen LogP contribution in [0, 0.1) is 13.8 Å². The summed E-state index contributed by atoms with van der Waals surface area (Å²) in [7, 11) is 0. The second-order valence-electron chi connectivity index (χ2n) is 6.81. The summed E-state index contributed by atoms with van der Waals surface area (Å²) in [6.45, 7) is 8.59. The molecule has 1 aromatic heterocycles. The quantitative estimate of drug-likeness (QED) is 0.577. The SMILES string of the molecule is C=CCn1c(SCC(=O)Nc2cccc(C)c2C)nnc1C1CCCC1. The Bertz CT molecular complexity index is 793. The Balaban J connectivity index is 1.66. The number of rotatable bonds is 7. The fourth-order valence-electron chi connectivity index (χ4n) is 3.40. The van der Waals surface area contributed by atoms with E-state index < -0.39 is 0 Å². The lowest BCUT2D eigenvalue weighted by Gasteiger charge is -2.12. The van der Waals surface area contributed by atoms with Crippen LogP contribution in [0.5, 0.6) is 0 Å². The molecule has 1 aliphatic rings. The number of amides is 1. The summed E-state index contributed by atoms with van der Waals surface area (Å²) in [4.78, 5) is 12.4. The molecule has 0 saturated heterocycles. The molecule has 1 aliphatic carbocycles. The van der Waals surface area contributed by atoms with E-state index in [0.29, 0.717) is 18.2 Å². The zero-order valence-corrected chi connectivity index (χ0v) is 16.3. The second-order valence-corrected chi connectivity index (χ2v) is 7.75. The number of anilines is 1. The molecule has 1 N–H and O–H groups in total. The van der Waals surface area contributed by atoms with Gasteiger partial charge in [0.25, 0.3) is 0 Å². The van der Waals surface area contributed by atoms with Crippen LogP contribution >= 0.6 is 11.8 Å². The predicted octanol–water partition coefficient (Wildman–Crippen LogP) is 4.47. The highest BCUT2D eigenvalue weighted by Crippen LogP contribution is 2.34. The molecule has 3 rings (SSSR count). The highest BCUT2D eigenvalue weighted by Gasteiger charge is 2.24. The molecule has 1 aromatic carbocycles. The lowest BCUT2D eigenvalue weighted by molar-refractivity contribution is -0.113. The summed E-state index contributed by atoms with van der Waals surface area (Å²) in [5.74, 6) is 1.81. The second kappa shape index (κ2) is 8.54. The first-order valence-electron chi connectivity index (χ1n) is 9.13. The minimum Gasteiger partial charge on any atom is -0.325 e. The molecule has 0 spiro atoms. The van der Waals surface area contributed by atoms with Gasteiger partial charge in [-0.1, -0.05) is 42.8 Å². The molecular weight excluding hydrogens is 344 g/mol. The Labute approximate surface area is 159 Å². The van der Waals surface area contributed by atoms with Gasteiger partial charge in [0.1, 0.15) is 5.82 Å². The summed E-state index contributed by atoms with van der Waals surface area (Å²) in [6.07, 6.45) is 6.72. The van der Waals surface area contributed by atoms with Gasteiger partial charge in [0.15, 0.2) is 5.16 Å². The zero-order chi connectivity index (χ0) is 18.5. The van der Waals surface area contributed by atoms with Crippen LogP contribution < -0.4 is 5.32 Å². The number of allylic oxidation sites excluding steroid dienone is 1. The van der Waals surface area contributed by atoms with E-state index in [0.717, 1.165) is 22.2 Å². The van der Waals surface area contributed by atoms with Crippen molar-refractivity contribution in [2.75, 3.05) is 11.1 Å². The normalized spacial score (nSPS) is 14.5. The molecule has 0 aliphatic heterocycles. The van der Waals surface area contributed by atoms with Gasteiger partial charge in [0, 0.05) is 18.2 Å². The molecule has 2 aromatic rings. The van der Waals surface area contributed by atoms with Gasteiger partial charge in [-0.2, -0.15) is 0 Å². The van der Waals surface area contributed by atoms with Crippen molar-refractivity contribution in [1.29, 1.82) is 0 Å². The lowest BCUT2D eigenvalue weighted by atomic mass is 10.1. The van der Waals surface area contributed by atoms with Gasteiger partial charge in [-0.15, -0.1) is 16.8 Å². The van der Waals surface area contributed by atoms with Crippen LogP contribution in [0.2, 0.25) is 0 Å². The third-order valence-corrected chi connectivity index (χ3v) is 5.96. The van der Waals surface area contributed by atoms with E-state index in [1.807, 2.05) is 38.1 Å². The molecular formula is C20H26N4OS. The maximum Gasteiger partial charge on any atom is 0.234 e. The Hall–Kier alpha value is -2.08. The van der Waals surface area contributed by atoms with E-state index >= 15 is 0 Å². The summed E-state index contributed by atoms with van der Waals surface area (Å²) in [5, 5.41) is 12.5. The van der Waals surface area contributed by atoms with Crippen LogP contribution in [-0.4, -0.2) is 26.4 Å². The number of hydrogen-bond acceptors (Lipinski definition) is 4. The zero-order valence-electron chi connectivity index (χ0n) is 15.5. The first kappa shape index (κ1) is 18.7. The molecule has 1 fully saturated rings. The minimum atomic E-state index is -0.0285. The molecule has 1 amide bonds. The van der Waals surface area contributed by atoms with E-state index in [2.05, 4.69) is 26.7 Å². The van der Waals surface area contributed by atoms with Crippen LogP contribution in [0.4, 0.5) is 5.69 Å². The Kier molecular flexibility index (Phi) is 6.14. The number of thioether (sulfide) groups is 1.